The van der Waals surface area contributed by atoms with Crippen molar-refractivity contribution in [3.8, 4) is 0 Å². The fourth-order valence-corrected chi connectivity index (χ4v) is 3.57. The van der Waals surface area contributed by atoms with Gasteiger partial charge < -0.3 is 15.4 Å². The fourth-order valence-electron chi connectivity index (χ4n) is 3.57. The van der Waals surface area contributed by atoms with E-state index in [0.717, 1.165) is 25.7 Å². The molecular formula is C18H26N2O2. The zero-order chi connectivity index (χ0) is 15.7. The zero-order valence-electron chi connectivity index (χ0n) is 13.5. The molecule has 1 aromatic rings. The third kappa shape index (κ3) is 3.03. The first kappa shape index (κ1) is 15.5. The van der Waals surface area contributed by atoms with Crippen LogP contribution in [0.3, 0.4) is 0 Å². The Bertz CT molecular complexity index is 536. The van der Waals surface area contributed by atoms with Gasteiger partial charge >= 0.3 is 0 Å². The van der Waals surface area contributed by atoms with E-state index in [4.69, 9.17) is 10.5 Å². The van der Waals surface area contributed by atoms with Gasteiger partial charge in [0.1, 0.15) is 6.04 Å². The Morgan fingerprint density at radius 1 is 1.32 bits per heavy atom. The van der Waals surface area contributed by atoms with Gasteiger partial charge in [0.25, 0.3) is 0 Å². The van der Waals surface area contributed by atoms with Crippen LogP contribution in [0.1, 0.15) is 42.7 Å². The van der Waals surface area contributed by atoms with Crippen LogP contribution < -0.4 is 5.73 Å². The molecule has 0 radical (unpaired) electrons. The van der Waals surface area contributed by atoms with E-state index in [0.29, 0.717) is 24.6 Å². The molecule has 0 spiro atoms. The Morgan fingerprint density at radius 3 is 2.59 bits per heavy atom. The van der Waals surface area contributed by atoms with Crippen LogP contribution in [0, 0.1) is 6.92 Å². The summed E-state index contributed by atoms with van der Waals surface area (Å²) in [5.74, 6) is 0.650. The van der Waals surface area contributed by atoms with Crippen LogP contribution in [0.25, 0.3) is 0 Å². The SMILES string of the molecule is COC[C@@H](N)C(=O)N(C1CC1)C1CC(c2ccccc2C)C1. The van der Waals surface area contributed by atoms with Crippen LogP contribution in [0.4, 0.5) is 0 Å². The van der Waals surface area contributed by atoms with Crippen LogP contribution in [0.5, 0.6) is 0 Å². The van der Waals surface area contributed by atoms with Gasteiger partial charge in [0.2, 0.25) is 5.91 Å². The highest BCUT2D eigenvalue weighted by Crippen LogP contribution is 2.44. The maximum atomic E-state index is 12.6. The Kier molecular flexibility index (Phi) is 4.50. The number of hydrogen-bond donors (Lipinski definition) is 1. The molecule has 4 nitrogen and oxygen atoms in total. The monoisotopic (exact) mass is 302 g/mol. The summed E-state index contributed by atoms with van der Waals surface area (Å²) < 4.78 is 5.04. The number of hydrogen-bond acceptors (Lipinski definition) is 3. The second-order valence-corrected chi connectivity index (χ2v) is 6.72. The molecule has 120 valence electrons. The molecule has 0 aliphatic heterocycles. The lowest BCUT2D eigenvalue weighted by atomic mass is 9.73. The zero-order valence-corrected chi connectivity index (χ0v) is 13.5. The number of ether oxygens (including phenoxy) is 1. The van der Waals surface area contributed by atoms with Gasteiger partial charge in [-0.2, -0.15) is 0 Å². The summed E-state index contributed by atoms with van der Waals surface area (Å²) in [6.07, 6.45) is 4.37. The van der Waals surface area contributed by atoms with Crippen molar-refractivity contribution in [3.63, 3.8) is 0 Å². The number of rotatable bonds is 6. The van der Waals surface area contributed by atoms with Crippen molar-refractivity contribution in [2.24, 2.45) is 5.73 Å². The van der Waals surface area contributed by atoms with Gasteiger partial charge in [-0.1, -0.05) is 24.3 Å². The second-order valence-electron chi connectivity index (χ2n) is 6.72. The van der Waals surface area contributed by atoms with Crippen molar-refractivity contribution in [2.75, 3.05) is 13.7 Å². The highest BCUT2D eigenvalue weighted by Gasteiger charge is 2.44. The first-order chi connectivity index (χ1) is 10.6. The summed E-state index contributed by atoms with van der Waals surface area (Å²) >= 11 is 0. The van der Waals surface area contributed by atoms with Crippen molar-refractivity contribution in [1.29, 1.82) is 0 Å². The summed E-state index contributed by atoms with van der Waals surface area (Å²) in [7, 11) is 1.59. The maximum Gasteiger partial charge on any atom is 0.242 e. The van der Waals surface area contributed by atoms with Gasteiger partial charge in [0.15, 0.2) is 0 Å². The molecule has 1 atom stereocenters. The molecule has 0 unspecified atom stereocenters. The highest BCUT2D eigenvalue weighted by atomic mass is 16.5. The highest BCUT2D eigenvalue weighted by molar-refractivity contribution is 5.83. The third-order valence-electron chi connectivity index (χ3n) is 4.99. The van der Waals surface area contributed by atoms with Crippen LogP contribution >= 0.6 is 0 Å². The number of carbonyl (C=O) groups excluding carboxylic acids is 1. The summed E-state index contributed by atoms with van der Waals surface area (Å²) in [5, 5.41) is 0. The Morgan fingerprint density at radius 2 is 2.00 bits per heavy atom. The molecule has 1 aromatic carbocycles. The standard InChI is InChI=1S/C18H26N2O2/c1-12-5-3-4-6-16(12)13-9-15(10-13)20(14-7-8-14)18(21)17(19)11-22-2/h3-6,13-15,17H,7-11,19H2,1-2H3/t13?,15?,17-/m1/s1. The molecule has 2 saturated carbocycles. The minimum absolute atomic E-state index is 0.0672. The van der Waals surface area contributed by atoms with E-state index in [1.807, 2.05) is 0 Å². The lowest BCUT2D eigenvalue weighted by Gasteiger charge is -2.44. The number of benzene rings is 1. The third-order valence-corrected chi connectivity index (χ3v) is 4.99. The van der Waals surface area contributed by atoms with Gasteiger partial charge in [0, 0.05) is 19.2 Å². The van der Waals surface area contributed by atoms with E-state index in [-0.39, 0.29) is 5.91 Å². The van der Waals surface area contributed by atoms with Crippen molar-refractivity contribution in [1.82, 2.24) is 4.90 Å². The quantitative estimate of drug-likeness (QED) is 0.876. The van der Waals surface area contributed by atoms with E-state index < -0.39 is 6.04 Å². The summed E-state index contributed by atoms with van der Waals surface area (Å²) in [6, 6.07) is 8.82. The Labute approximate surface area is 132 Å². The number of methoxy groups -OCH3 is 1. The van der Waals surface area contributed by atoms with Crippen molar-refractivity contribution >= 4 is 5.91 Å². The molecule has 0 aromatic heterocycles. The Balaban J connectivity index is 1.64. The largest absolute Gasteiger partial charge is 0.383 e. The molecule has 22 heavy (non-hydrogen) atoms. The summed E-state index contributed by atoms with van der Waals surface area (Å²) in [4.78, 5) is 14.6. The summed E-state index contributed by atoms with van der Waals surface area (Å²) in [5.41, 5.74) is 8.75. The molecule has 1 amide bonds. The molecule has 2 N–H and O–H groups in total. The number of carbonyl (C=O) groups is 1. The first-order valence-corrected chi connectivity index (χ1v) is 8.24. The van der Waals surface area contributed by atoms with Gasteiger partial charge in [-0.3, -0.25) is 4.79 Å². The topological polar surface area (TPSA) is 55.6 Å². The minimum Gasteiger partial charge on any atom is -0.383 e. The van der Waals surface area contributed by atoms with Gasteiger partial charge in [-0.15, -0.1) is 0 Å². The maximum absolute atomic E-state index is 12.6. The summed E-state index contributed by atoms with van der Waals surface area (Å²) in [6.45, 7) is 2.47. The van der Waals surface area contributed by atoms with E-state index in [2.05, 4.69) is 36.1 Å². The number of aryl methyl sites for hydroxylation is 1. The second kappa shape index (κ2) is 6.39. The van der Waals surface area contributed by atoms with E-state index in [1.54, 1.807) is 7.11 Å². The molecule has 0 bridgehead atoms. The van der Waals surface area contributed by atoms with Crippen molar-refractivity contribution in [2.45, 2.75) is 56.7 Å². The van der Waals surface area contributed by atoms with Crippen LogP contribution in [-0.4, -0.2) is 42.6 Å². The van der Waals surface area contributed by atoms with Crippen LogP contribution in [0.2, 0.25) is 0 Å². The van der Waals surface area contributed by atoms with Gasteiger partial charge in [0.05, 0.1) is 6.61 Å². The van der Waals surface area contributed by atoms with Gasteiger partial charge in [-0.25, -0.2) is 0 Å². The van der Waals surface area contributed by atoms with Gasteiger partial charge in [-0.05, 0) is 49.7 Å². The van der Waals surface area contributed by atoms with Crippen LogP contribution in [0.15, 0.2) is 24.3 Å². The molecule has 3 rings (SSSR count). The lowest BCUT2D eigenvalue weighted by Crippen LogP contribution is -2.54. The molecule has 2 fully saturated rings. The molecule has 0 heterocycles. The van der Waals surface area contributed by atoms with Crippen LogP contribution in [-0.2, 0) is 9.53 Å². The number of amides is 1. The minimum atomic E-state index is -0.525. The number of nitrogens with two attached hydrogens (primary N) is 1. The predicted octanol–water partition coefficient (Wildman–Crippen LogP) is 2.21. The molecule has 0 saturated heterocycles. The van der Waals surface area contributed by atoms with E-state index in [9.17, 15) is 4.79 Å². The van der Waals surface area contributed by atoms with E-state index in [1.165, 1.54) is 11.1 Å². The Hall–Kier alpha value is -1.39. The number of nitrogens with zero attached hydrogens (tertiary/aromatic N) is 1. The molecular weight excluding hydrogens is 276 g/mol. The molecule has 2 aliphatic rings. The normalized spacial score (nSPS) is 25.4. The average Bonchev–Trinajstić information content (AvgIpc) is 3.27. The fraction of sp³-hybridized carbons (Fsp3) is 0.611. The predicted molar refractivity (Wildman–Crippen MR) is 86.7 cm³/mol. The van der Waals surface area contributed by atoms with Crippen molar-refractivity contribution in [3.05, 3.63) is 35.4 Å². The molecule has 2 aliphatic carbocycles. The smallest absolute Gasteiger partial charge is 0.242 e. The lowest BCUT2D eigenvalue weighted by molar-refractivity contribution is -0.139. The van der Waals surface area contributed by atoms with Crippen molar-refractivity contribution < 1.29 is 9.53 Å². The van der Waals surface area contributed by atoms with E-state index >= 15 is 0 Å². The average molecular weight is 302 g/mol. The molecule has 4 heteroatoms. The first-order valence-electron chi connectivity index (χ1n) is 8.24.